The minimum atomic E-state index is 0. The minimum absolute atomic E-state index is 0. The summed E-state index contributed by atoms with van der Waals surface area (Å²) in [5.74, 6) is 0.695. The first-order valence-electron chi connectivity index (χ1n) is 5.91. The molecule has 1 aliphatic heterocycles. The summed E-state index contributed by atoms with van der Waals surface area (Å²) in [7, 11) is 0. The molecule has 0 bridgehead atoms. The number of nitrogens with two attached hydrogens (primary N) is 1. The lowest BCUT2D eigenvalue weighted by atomic mass is 10.1. The molecule has 1 heterocycles. The number of carbonyl (C=O) groups excluding carboxylic acids is 1. The predicted molar refractivity (Wildman–Crippen MR) is 78.8 cm³/mol. The van der Waals surface area contributed by atoms with Crippen LogP contribution in [0, 0.1) is 5.92 Å². The summed E-state index contributed by atoms with van der Waals surface area (Å²) in [6.45, 7) is 2.36. The van der Waals surface area contributed by atoms with Crippen LogP contribution in [0.1, 0.15) is 12.0 Å². The van der Waals surface area contributed by atoms with Crippen molar-refractivity contribution in [3.8, 4) is 0 Å². The summed E-state index contributed by atoms with van der Waals surface area (Å²) in [5, 5.41) is 0. The quantitative estimate of drug-likeness (QED) is 0.922. The molecule has 1 aromatic rings. The molecule has 2 rings (SSSR count). The molecule has 1 saturated heterocycles. The lowest BCUT2D eigenvalue weighted by Gasteiger charge is -2.16. The van der Waals surface area contributed by atoms with Gasteiger partial charge >= 0.3 is 0 Å². The Bertz CT molecular complexity index is 414. The Morgan fingerprint density at radius 1 is 1.50 bits per heavy atom. The average molecular weight is 334 g/mol. The second-order valence-electron chi connectivity index (χ2n) is 4.54. The third kappa shape index (κ3) is 3.97. The zero-order valence-corrected chi connectivity index (χ0v) is 12.5. The third-order valence-electron chi connectivity index (χ3n) is 3.22. The van der Waals surface area contributed by atoms with Crippen LogP contribution in [0.3, 0.4) is 0 Å². The van der Waals surface area contributed by atoms with Gasteiger partial charge in [-0.05, 0) is 36.6 Å². The normalized spacial score (nSPS) is 18.6. The molecule has 18 heavy (non-hydrogen) atoms. The van der Waals surface area contributed by atoms with Crippen molar-refractivity contribution in [2.24, 2.45) is 11.7 Å². The highest BCUT2D eigenvalue weighted by molar-refractivity contribution is 9.10. The van der Waals surface area contributed by atoms with Gasteiger partial charge in [0, 0.05) is 17.6 Å². The number of amides is 1. The summed E-state index contributed by atoms with van der Waals surface area (Å²) in [5.41, 5.74) is 6.68. The second kappa shape index (κ2) is 7.12. The Hall–Kier alpha value is -0.580. The minimum Gasteiger partial charge on any atom is -0.342 e. The summed E-state index contributed by atoms with van der Waals surface area (Å²) < 4.78 is 1.02. The highest BCUT2D eigenvalue weighted by atomic mass is 79.9. The van der Waals surface area contributed by atoms with E-state index in [-0.39, 0.29) is 18.3 Å². The fourth-order valence-electron chi connectivity index (χ4n) is 2.18. The largest absolute Gasteiger partial charge is 0.342 e. The van der Waals surface area contributed by atoms with Gasteiger partial charge in [0.15, 0.2) is 0 Å². The maximum Gasteiger partial charge on any atom is 0.227 e. The lowest BCUT2D eigenvalue weighted by molar-refractivity contribution is -0.129. The molecular weight excluding hydrogens is 316 g/mol. The van der Waals surface area contributed by atoms with Crippen LogP contribution in [0.15, 0.2) is 28.7 Å². The number of likely N-dealkylation sites (tertiary alicyclic amines) is 1. The van der Waals surface area contributed by atoms with Gasteiger partial charge in [0.05, 0.1) is 6.42 Å². The molecule has 1 atom stereocenters. The van der Waals surface area contributed by atoms with E-state index in [9.17, 15) is 4.79 Å². The molecule has 0 radical (unpaired) electrons. The van der Waals surface area contributed by atoms with E-state index < -0.39 is 0 Å². The maximum atomic E-state index is 12.1. The Labute approximate surface area is 122 Å². The van der Waals surface area contributed by atoms with Gasteiger partial charge in [0.25, 0.3) is 0 Å². The van der Waals surface area contributed by atoms with E-state index in [4.69, 9.17) is 5.73 Å². The number of nitrogens with zero attached hydrogens (tertiary/aromatic N) is 1. The smallest absolute Gasteiger partial charge is 0.227 e. The number of hydrogen-bond acceptors (Lipinski definition) is 2. The van der Waals surface area contributed by atoms with Gasteiger partial charge in [0.1, 0.15) is 0 Å². The molecular formula is C13H18BrClN2O. The first kappa shape index (κ1) is 15.5. The van der Waals surface area contributed by atoms with Crippen LogP contribution in [-0.2, 0) is 11.2 Å². The third-order valence-corrected chi connectivity index (χ3v) is 3.71. The van der Waals surface area contributed by atoms with Gasteiger partial charge in [-0.15, -0.1) is 12.4 Å². The van der Waals surface area contributed by atoms with Crippen LogP contribution >= 0.6 is 28.3 Å². The lowest BCUT2D eigenvalue weighted by Crippen LogP contribution is -2.31. The molecule has 2 N–H and O–H groups in total. The summed E-state index contributed by atoms with van der Waals surface area (Å²) in [6, 6.07) is 7.90. The van der Waals surface area contributed by atoms with Crippen molar-refractivity contribution in [3.05, 3.63) is 34.3 Å². The first-order chi connectivity index (χ1) is 8.19. The predicted octanol–water partition coefficient (Wildman–Crippen LogP) is 2.22. The highest BCUT2D eigenvalue weighted by Crippen LogP contribution is 2.17. The molecule has 5 heteroatoms. The first-order valence-corrected chi connectivity index (χ1v) is 6.70. The van der Waals surface area contributed by atoms with Crippen LogP contribution in [0.5, 0.6) is 0 Å². The fraction of sp³-hybridized carbons (Fsp3) is 0.462. The summed E-state index contributed by atoms with van der Waals surface area (Å²) in [6.07, 6.45) is 1.53. The van der Waals surface area contributed by atoms with E-state index in [0.717, 1.165) is 29.5 Å². The molecule has 0 aromatic heterocycles. The van der Waals surface area contributed by atoms with Gasteiger partial charge < -0.3 is 10.6 Å². The number of hydrogen-bond donors (Lipinski definition) is 1. The van der Waals surface area contributed by atoms with Crippen LogP contribution < -0.4 is 5.73 Å². The molecule has 0 aliphatic carbocycles. The van der Waals surface area contributed by atoms with E-state index in [1.807, 2.05) is 29.2 Å². The van der Waals surface area contributed by atoms with Gasteiger partial charge in [-0.1, -0.05) is 28.1 Å². The van der Waals surface area contributed by atoms with Crippen molar-refractivity contribution < 1.29 is 4.79 Å². The average Bonchev–Trinajstić information content (AvgIpc) is 2.77. The number of benzene rings is 1. The summed E-state index contributed by atoms with van der Waals surface area (Å²) >= 11 is 3.41. The van der Waals surface area contributed by atoms with Crippen molar-refractivity contribution in [3.63, 3.8) is 0 Å². The van der Waals surface area contributed by atoms with Gasteiger partial charge in [0.2, 0.25) is 5.91 Å². The number of halogens is 2. The van der Waals surface area contributed by atoms with E-state index in [2.05, 4.69) is 15.9 Å². The van der Waals surface area contributed by atoms with E-state index in [1.165, 1.54) is 0 Å². The van der Waals surface area contributed by atoms with Crippen LogP contribution in [-0.4, -0.2) is 30.4 Å². The standard InChI is InChI=1S/C13H17BrN2O.ClH/c14-12-3-1-2-10(6-12)7-13(17)16-5-4-11(8-15)9-16;/h1-3,6,11H,4-5,7-9,15H2;1H. The van der Waals surface area contributed by atoms with Crippen molar-refractivity contribution in [1.29, 1.82) is 0 Å². The molecule has 1 aromatic carbocycles. The van der Waals surface area contributed by atoms with Gasteiger partial charge in [-0.2, -0.15) is 0 Å². The number of carbonyl (C=O) groups is 1. The Morgan fingerprint density at radius 3 is 2.89 bits per heavy atom. The van der Waals surface area contributed by atoms with Gasteiger partial charge in [-0.25, -0.2) is 0 Å². The molecule has 1 amide bonds. The molecule has 1 aliphatic rings. The van der Waals surface area contributed by atoms with Gasteiger partial charge in [-0.3, -0.25) is 4.79 Å². The van der Waals surface area contributed by atoms with E-state index >= 15 is 0 Å². The Kier molecular flexibility index (Phi) is 6.12. The SMILES string of the molecule is Cl.NCC1CCN(C(=O)Cc2cccc(Br)c2)C1. The molecule has 1 unspecified atom stereocenters. The molecule has 0 saturated carbocycles. The van der Waals surface area contributed by atoms with Crippen molar-refractivity contribution in [2.75, 3.05) is 19.6 Å². The van der Waals surface area contributed by atoms with E-state index in [1.54, 1.807) is 0 Å². The monoisotopic (exact) mass is 332 g/mol. The fourth-order valence-corrected chi connectivity index (χ4v) is 2.63. The van der Waals surface area contributed by atoms with Crippen LogP contribution in [0.25, 0.3) is 0 Å². The van der Waals surface area contributed by atoms with Crippen molar-refractivity contribution >= 4 is 34.2 Å². The summed E-state index contributed by atoms with van der Waals surface area (Å²) in [4.78, 5) is 14.0. The maximum absolute atomic E-state index is 12.1. The second-order valence-corrected chi connectivity index (χ2v) is 5.45. The van der Waals surface area contributed by atoms with Crippen LogP contribution in [0.4, 0.5) is 0 Å². The zero-order valence-electron chi connectivity index (χ0n) is 10.1. The topological polar surface area (TPSA) is 46.3 Å². The number of rotatable bonds is 3. The zero-order chi connectivity index (χ0) is 12.3. The van der Waals surface area contributed by atoms with Crippen molar-refractivity contribution in [1.82, 2.24) is 4.90 Å². The molecule has 1 fully saturated rings. The highest BCUT2D eigenvalue weighted by Gasteiger charge is 2.24. The molecule has 0 spiro atoms. The van der Waals surface area contributed by atoms with E-state index in [0.29, 0.717) is 18.9 Å². The van der Waals surface area contributed by atoms with Crippen molar-refractivity contribution in [2.45, 2.75) is 12.8 Å². The molecule has 3 nitrogen and oxygen atoms in total. The van der Waals surface area contributed by atoms with Crippen LogP contribution in [0.2, 0.25) is 0 Å². The Morgan fingerprint density at radius 2 is 2.28 bits per heavy atom. The molecule has 100 valence electrons. The Balaban J connectivity index is 0.00000162.